The molecule has 23 heavy (non-hydrogen) atoms. The average molecular weight is 372 g/mol. The van der Waals surface area contributed by atoms with Crippen molar-refractivity contribution in [2.75, 3.05) is 16.8 Å². The van der Waals surface area contributed by atoms with Crippen LogP contribution >= 0.6 is 35.1 Å². The van der Waals surface area contributed by atoms with Crippen LogP contribution in [0.15, 0.2) is 28.0 Å². The molecule has 0 bridgehead atoms. The van der Waals surface area contributed by atoms with Crippen LogP contribution in [0.2, 0.25) is 5.02 Å². The summed E-state index contributed by atoms with van der Waals surface area (Å²) in [5.74, 6) is 1.26. The molecule has 0 aromatic heterocycles. The lowest BCUT2D eigenvalue weighted by atomic mass is 10.2. The summed E-state index contributed by atoms with van der Waals surface area (Å²) < 4.78 is 5.16. The van der Waals surface area contributed by atoms with Crippen molar-refractivity contribution in [2.45, 2.75) is 26.9 Å². The van der Waals surface area contributed by atoms with Crippen LogP contribution in [0.5, 0.6) is 0 Å². The van der Waals surface area contributed by atoms with Crippen LogP contribution in [0.1, 0.15) is 31.1 Å². The zero-order valence-corrected chi connectivity index (χ0v) is 15.5. The van der Waals surface area contributed by atoms with E-state index in [4.69, 9.17) is 16.3 Å². The summed E-state index contributed by atoms with van der Waals surface area (Å²) in [5.41, 5.74) is 0.765. The zero-order valence-electron chi connectivity index (χ0n) is 13.1. The standard InChI is InChI=1S/C16H18ClNO3S2/c1-9(2)21-16(20)12-8-11(4-5-13(12)17)18-15(19)14-10(3)22-6-7-23-14/h4-5,8-9H,6-7H2,1-3H3,(H,18,19). The summed E-state index contributed by atoms with van der Waals surface area (Å²) in [6, 6.07) is 4.79. The summed E-state index contributed by atoms with van der Waals surface area (Å²) in [4.78, 5) is 26.1. The second-order valence-electron chi connectivity index (χ2n) is 5.19. The van der Waals surface area contributed by atoms with Gasteiger partial charge in [0, 0.05) is 22.1 Å². The minimum atomic E-state index is -0.501. The third-order valence-corrected chi connectivity index (χ3v) is 5.91. The third-order valence-electron chi connectivity index (χ3n) is 2.96. The van der Waals surface area contributed by atoms with Crippen LogP contribution in [0.25, 0.3) is 0 Å². The van der Waals surface area contributed by atoms with E-state index in [1.807, 2.05) is 6.92 Å². The molecule has 1 N–H and O–H groups in total. The fraction of sp³-hybridized carbons (Fsp3) is 0.375. The molecule has 0 unspecified atom stereocenters. The molecule has 7 heteroatoms. The summed E-state index contributed by atoms with van der Waals surface area (Å²) in [6.07, 6.45) is -0.236. The van der Waals surface area contributed by atoms with Gasteiger partial charge in [0.05, 0.1) is 21.6 Å². The molecule has 2 rings (SSSR count). The fourth-order valence-corrected chi connectivity index (χ4v) is 4.29. The molecule has 1 heterocycles. The lowest BCUT2D eigenvalue weighted by Crippen LogP contribution is -2.17. The van der Waals surface area contributed by atoms with Crippen LogP contribution in [0.4, 0.5) is 5.69 Å². The SMILES string of the molecule is CC1=C(C(=O)Nc2ccc(Cl)c(C(=O)OC(C)C)c2)SCCS1. The first kappa shape index (κ1) is 18.2. The van der Waals surface area contributed by atoms with E-state index in [0.29, 0.717) is 10.7 Å². The molecule has 0 saturated heterocycles. The maximum absolute atomic E-state index is 12.4. The summed E-state index contributed by atoms with van der Waals surface area (Å²) in [7, 11) is 0. The lowest BCUT2D eigenvalue weighted by molar-refractivity contribution is -0.112. The first-order valence-corrected chi connectivity index (χ1v) is 9.51. The van der Waals surface area contributed by atoms with Crippen molar-refractivity contribution in [2.24, 2.45) is 0 Å². The van der Waals surface area contributed by atoms with Crippen molar-refractivity contribution >= 4 is 52.7 Å². The van der Waals surface area contributed by atoms with Crippen LogP contribution in [0, 0.1) is 0 Å². The second kappa shape index (κ2) is 8.13. The minimum Gasteiger partial charge on any atom is -0.459 e. The Labute approximate surface area is 149 Å². The molecular formula is C16H18ClNO3S2. The molecule has 0 spiro atoms. The first-order valence-electron chi connectivity index (χ1n) is 7.17. The lowest BCUT2D eigenvalue weighted by Gasteiger charge is -2.16. The molecule has 0 saturated carbocycles. The van der Waals surface area contributed by atoms with Crippen LogP contribution in [0.3, 0.4) is 0 Å². The minimum absolute atomic E-state index is 0.162. The quantitative estimate of drug-likeness (QED) is 0.786. The van der Waals surface area contributed by atoms with Gasteiger partial charge in [-0.1, -0.05) is 11.6 Å². The number of amides is 1. The van der Waals surface area contributed by atoms with Crippen molar-refractivity contribution in [1.82, 2.24) is 0 Å². The van der Waals surface area contributed by atoms with E-state index in [1.165, 1.54) is 0 Å². The molecule has 1 aromatic rings. The number of halogens is 1. The number of carbonyl (C=O) groups excluding carboxylic acids is 2. The molecule has 1 aliphatic heterocycles. The maximum atomic E-state index is 12.4. The Morgan fingerprint density at radius 2 is 1.96 bits per heavy atom. The molecule has 1 aromatic carbocycles. The van der Waals surface area contributed by atoms with E-state index in [2.05, 4.69) is 5.32 Å². The number of hydrogen-bond acceptors (Lipinski definition) is 5. The Morgan fingerprint density at radius 3 is 2.61 bits per heavy atom. The Bertz CT molecular complexity index is 659. The monoisotopic (exact) mass is 371 g/mol. The molecule has 1 aliphatic rings. The van der Waals surface area contributed by atoms with Crippen molar-refractivity contribution < 1.29 is 14.3 Å². The number of thioether (sulfide) groups is 2. The predicted molar refractivity (Wildman–Crippen MR) is 98.2 cm³/mol. The predicted octanol–water partition coefficient (Wildman–Crippen LogP) is 4.56. The molecule has 124 valence electrons. The van der Waals surface area contributed by atoms with Crippen LogP contribution in [-0.2, 0) is 9.53 Å². The van der Waals surface area contributed by atoms with E-state index >= 15 is 0 Å². The number of rotatable bonds is 4. The van der Waals surface area contributed by atoms with Gasteiger partial charge in [0.15, 0.2) is 0 Å². The second-order valence-corrected chi connectivity index (χ2v) is 8.01. The Balaban J connectivity index is 2.18. The van der Waals surface area contributed by atoms with Crippen molar-refractivity contribution in [3.05, 3.63) is 38.6 Å². The van der Waals surface area contributed by atoms with Crippen LogP contribution in [-0.4, -0.2) is 29.5 Å². The maximum Gasteiger partial charge on any atom is 0.339 e. The average Bonchev–Trinajstić information content (AvgIpc) is 2.48. The third kappa shape index (κ3) is 4.93. The van der Waals surface area contributed by atoms with Gasteiger partial charge in [-0.2, -0.15) is 0 Å². The van der Waals surface area contributed by atoms with Gasteiger partial charge in [0.1, 0.15) is 0 Å². The van der Waals surface area contributed by atoms with Gasteiger partial charge in [-0.25, -0.2) is 4.79 Å². The normalized spacial score (nSPS) is 14.8. The topological polar surface area (TPSA) is 55.4 Å². The van der Waals surface area contributed by atoms with Gasteiger partial charge in [-0.3, -0.25) is 4.79 Å². The van der Waals surface area contributed by atoms with E-state index < -0.39 is 5.97 Å². The number of allylic oxidation sites excluding steroid dienone is 1. The van der Waals surface area contributed by atoms with Gasteiger partial charge < -0.3 is 10.1 Å². The molecule has 1 amide bonds. The highest BCUT2D eigenvalue weighted by Gasteiger charge is 2.19. The number of hydrogen-bond donors (Lipinski definition) is 1. The number of anilines is 1. The summed E-state index contributed by atoms with van der Waals surface area (Å²) in [6.45, 7) is 5.48. The molecule has 0 radical (unpaired) electrons. The van der Waals surface area contributed by atoms with Gasteiger partial charge in [-0.05, 0) is 39.0 Å². The number of ether oxygens (including phenoxy) is 1. The van der Waals surface area contributed by atoms with Crippen LogP contribution < -0.4 is 5.32 Å². The van der Waals surface area contributed by atoms with E-state index in [1.54, 1.807) is 55.6 Å². The molecule has 0 fully saturated rings. The molecular weight excluding hydrogens is 354 g/mol. The van der Waals surface area contributed by atoms with Crippen molar-refractivity contribution in [3.8, 4) is 0 Å². The Kier molecular flexibility index (Phi) is 6.44. The molecule has 4 nitrogen and oxygen atoms in total. The molecule has 0 atom stereocenters. The van der Waals surface area contributed by atoms with Gasteiger partial charge in [-0.15, -0.1) is 23.5 Å². The van der Waals surface area contributed by atoms with E-state index in [9.17, 15) is 9.59 Å². The number of esters is 1. The number of nitrogens with one attached hydrogen (secondary N) is 1. The van der Waals surface area contributed by atoms with E-state index in [-0.39, 0.29) is 17.6 Å². The highest BCUT2D eigenvalue weighted by molar-refractivity contribution is 8.10. The highest BCUT2D eigenvalue weighted by atomic mass is 35.5. The summed E-state index contributed by atoms with van der Waals surface area (Å²) in [5, 5.41) is 3.12. The largest absolute Gasteiger partial charge is 0.459 e. The first-order chi connectivity index (χ1) is 10.9. The smallest absolute Gasteiger partial charge is 0.339 e. The van der Waals surface area contributed by atoms with E-state index in [0.717, 1.165) is 21.3 Å². The number of benzene rings is 1. The van der Waals surface area contributed by atoms with Gasteiger partial charge in [0.25, 0.3) is 5.91 Å². The van der Waals surface area contributed by atoms with Crippen molar-refractivity contribution in [1.29, 1.82) is 0 Å². The highest BCUT2D eigenvalue weighted by Crippen LogP contribution is 2.34. The number of carbonyl (C=O) groups is 2. The molecule has 0 aliphatic carbocycles. The van der Waals surface area contributed by atoms with Crippen molar-refractivity contribution in [3.63, 3.8) is 0 Å². The Morgan fingerprint density at radius 1 is 1.26 bits per heavy atom. The van der Waals surface area contributed by atoms with Gasteiger partial charge in [0.2, 0.25) is 0 Å². The fourth-order valence-electron chi connectivity index (χ4n) is 1.96. The zero-order chi connectivity index (χ0) is 17.0. The summed E-state index contributed by atoms with van der Waals surface area (Å²) >= 11 is 9.29. The van der Waals surface area contributed by atoms with Gasteiger partial charge >= 0.3 is 5.97 Å². The Hall–Kier alpha value is -1.11.